The maximum absolute atomic E-state index is 13.1. The van der Waals surface area contributed by atoms with Gasteiger partial charge < -0.3 is 5.32 Å². The molecule has 0 unspecified atom stereocenters. The second kappa shape index (κ2) is 6.41. The Labute approximate surface area is 129 Å². The second-order valence-corrected chi connectivity index (χ2v) is 6.54. The largest absolute Gasteiger partial charge is 0.320 e. The van der Waals surface area contributed by atoms with Gasteiger partial charge in [0.15, 0.2) is 0 Å². The molecule has 2 nitrogen and oxygen atoms in total. The van der Waals surface area contributed by atoms with Crippen LogP contribution in [0.2, 0.25) is 0 Å². The molecule has 1 aliphatic rings. The third-order valence-electron chi connectivity index (χ3n) is 4.49. The smallest absolute Gasteiger partial charge is 0.250 e. The molecule has 1 N–H and O–H groups in total. The van der Waals surface area contributed by atoms with Gasteiger partial charge in [-0.2, -0.15) is 0 Å². The SMILES string of the molecule is CNCC[C@H](CC(=O)C1(C)CC(F)(F)C1)c1ccc(F)cc1. The number of hydrogen-bond donors (Lipinski definition) is 1. The number of hydrogen-bond acceptors (Lipinski definition) is 2. The van der Waals surface area contributed by atoms with Crippen LogP contribution < -0.4 is 5.32 Å². The fourth-order valence-electron chi connectivity index (χ4n) is 3.20. The fourth-order valence-corrected chi connectivity index (χ4v) is 3.20. The van der Waals surface area contributed by atoms with Gasteiger partial charge in [0.2, 0.25) is 5.92 Å². The molecular formula is C17H22F3NO. The van der Waals surface area contributed by atoms with Crippen LogP contribution in [0.25, 0.3) is 0 Å². The molecule has 0 radical (unpaired) electrons. The summed E-state index contributed by atoms with van der Waals surface area (Å²) in [6, 6.07) is 6.07. The lowest BCUT2D eigenvalue weighted by atomic mass is 9.63. The van der Waals surface area contributed by atoms with Gasteiger partial charge in [-0.25, -0.2) is 13.2 Å². The fraction of sp³-hybridized carbons (Fsp3) is 0.588. The maximum Gasteiger partial charge on any atom is 0.250 e. The zero-order chi connectivity index (χ0) is 16.4. The summed E-state index contributed by atoms with van der Waals surface area (Å²) in [5.74, 6) is -3.23. The highest BCUT2D eigenvalue weighted by Crippen LogP contribution is 2.53. The van der Waals surface area contributed by atoms with Crippen LogP contribution in [0, 0.1) is 11.2 Å². The minimum atomic E-state index is -2.71. The summed E-state index contributed by atoms with van der Waals surface area (Å²) < 4.78 is 39.2. The molecule has 1 aromatic carbocycles. The molecule has 122 valence electrons. The average molecular weight is 313 g/mol. The number of alkyl halides is 2. The average Bonchev–Trinajstić information content (AvgIpc) is 2.42. The summed E-state index contributed by atoms with van der Waals surface area (Å²) >= 11 is 0. The van der Waals surface area contributed by atoms with Gasteiger partial charge in [-0.1, -0.05) is 19.1 Å². The van der Waals surface area contributed by atoms with E-state index in [9.17, 15) is 18.0 Å². The van der Waals surface area contributed by atoms with E-state index in [-0.39, 0.29) is 36.8 Å². The van der Waals surface area contributed by atoms with Crippen LogP contribution in [0.1, 0.15) is 44.1 Å². The summed E-state index contributed by atoms with van der Waals surface area (Å²) in [5.41, 5.74) is -0.0405. The monoisotopic (exact) mass is 313 g/mol. The third kappa shape index (κ3) is 3.88. The molecule has 0 aromatic heterocycles. The molecule has 0 amide bonds. The molecule has 1 fully saturated rings. The van der Waals surface area contributed by atoms with Gasteiger partial charge in [0.1, 0.15) is 11.6 Å². The van der Waals surface area contributed by atoms with Crippen LogP contribution in [0.4, 0.5) is 13.2 Å². The van der Waals surface area contributed by atoms with Crippen molar-refractivity contribution in [2.75, 3.05) is 13.6 Å². The normalized spacial score (nSPS) is 20.2. The van der Waals surface area contributed by atoms with Gasteiger partial charge >= 0.3 is 0 Å². The number of ketones is 1. The minimum Gasteiger partial charge on any atom is -0.320 e. The standard InChI is InChI=1S/C17H22F3NO/c1-16(10-17(19,20)11-16)15(22)9-13(7-8-21-2)12-3-5-14(18)6-4-12/h3-6,13,21H,7-11H2,1-2H3/t13-/m1/s1. The molecule has 5 heteroatoms. The maximum atomic E-state index is 13.1. The lowest BCUT2D eigenvalue weighted by molar-refractivity contribution is -0.172. The number of halogens is 3. The lowest BCUT2D eigenvalue weighted by Crippen LogP contribution is -2.49. The van der Waals surface area contributed by atoms with Crippen LogP contribution in [-0.2, 0) is 4.79 Å². The van der Waals surface area contributed by atoms with Crippen LogP contribution in [0.3, 0.4) is 0 Å². The first-order valence-corrected chi connectivity index (χ1v) is 7.57. The van der Waals surface area contributed by atoms with E-state index in [0.717, 1.165) is 5.56 Å². The Morgan fingerprint density at radius 2 is 1.86 bits per heavy atom. The number of carbonyl (C=O) groups is 1. The van der Waals surface area contributed by atoms with Crippen molar-refractivity contribution >= 4 is 5.78 Å². The van der Waals surface area contributed by atoms with Crippen LogP contribution >= 0.6 is 0 Å². The predicted octanol–water partition coefficient (Wildman–Crippen LogP) is 3.91. The van der Waals surface area contributed by atoms with Crippen LogP contribution in [-0.4, -0.2) is 25.3 Å². The highest BCUT2D eigenvalue weighted by Gasteiger charge is 2.57. The summed E-state index contributed by atoms with van der Waals surface area (Å²) in [7, 11) is 1.82. The number of carbonyl (C=O) groups excluding carboxylic acids is 1. The summed E-state index contributed by atoms with van der Waals surface area (Å²) in [5, 5.41) is 3.03. The molecule has 1 aromatic rings. The van der Waals surface area contributed by atoms with Gasteiger partial charge in [0, 0.05) is 24.7 Å². The minimum absolute atomic E-state index is 0.0772. The molecule has 2 rings (SSSR count). The predicted molar refractivity (Wildman–Crippen MR) is 79.6 cm³/mol. The van der Waals surface area contributed by atoms with Crippen molar-refractivity contribution in [1.82, 2.24) is 5.32 Å². The van der Waals surface area contributed by atoms with Crippen molar-refractivity contribution in [3.05, 3.63) is 35.6 Å². The molecule has 0 aliphatic heterocycles. The van der Waals surface area contributed by atoms with E-state index in [1.165, 1.54) is 12.1 Å². The van der Waals surface area contributed by atoms with E-state index in [2.05, 4.69) is 5.32 Å². The molecule has 1 atom stereocenters. The van der Waals surface area contributed by atoms with E-state index in [0.29, 0.717) is 13.0 Å². The second-order valence-electron chi connectivity index (χ2n) is 6.54. The number of Topliss-reactive ketones (excluding diaryl/α,β-unsaturated/α-hetero) is 1. The Kier molecular flexibility index (Phi) is 4.95. The molecule has 22 heavy (non-hydrogen) atoms. The van der Waals surface area contributed by atoms with E-state index in [1.54, 1.807) is 19.1 Å². The Bertz CT molecular complexity index is 519. The highest BCUT2D eigenvalue weighted by atomic mass is 19.3. The zero-order valence-corrected chi connectivity index (χ0v) is 13.0. The Morgan fingerprint density at radius 1 is 1.27 bits per heavy atom. The molecule has 0 heterocycles. The van der Waals surface area contributed by atoms with E-state index in [1.807, 2.05) is 7.05 Å². The van der Waals surface area contributed by atoms with Crippen LogP contribution in [0.5, 0.6) is 0 Å². The third-order valence-corrected chi connectivity index (χ3v) is 4.49. The number of nitrogens with one attached hydrogen (secondary N) is 1. The van der Waals surface area contributed by atoms with Crippen molar-refractivity contribution in [3.63, 3.8) is 0 Å². The Hall–Kier alpha value is -1.36. The quantitative estimate of drug-likeness (QED) is 0.827. The van der Waals surface area contributed by atoms with E-state index in [4.69, 9.17) is 0 Å². The first-order valence-electron chi connectivity index (χ1n) is 7.57. The summed E-state index contributed by atoms with van der Waals surface area (Å²) in [4.78, 5) is 12.4. The van der Waals surface area contributed by atoms with Crippen LogP contribution in [0.15, 0.2) is 24.3 Å². The lowest BCUT2D eigenvalue weighted by Gasteiger charge is -2.44. The number of rotatable bonds is 7. The zero-order valence-electron chi connectivity index (χ0n) is 13.0. The molecule has 1 aliphatic carbocycles. The Morgan fingerprint density at radius 3 is 2.36 bits per heavy atom. The Balaban J connectivity index is 2.06. The number of benzene rings is 1. The molecule has 0 saturated heterocycles. The molecular weight excluding hydrogens is 291 g/mol. The van der Waals surface area contributed by atoms with Crippen molar-refractivity contribution in [2.45, 2.75) is 44.4 Å². The molecule has 1 saturated carbocycles. The van der Waals surface area contributed by atoms with Gasteiger partial charge in [0.25, 0.3) is 0 Å². The van der Waals surface area contributed by atoms with Gasteiger partial charge in [0.05, 0.1) is 0 Å². The van der Waals surface area contributed by atoms with Crippen molar-refractivity contribution in [3.8, 4) is 0 Å². The van der Waals surface area contributed by atoms with Crippen molar-refractivity contribution in [1.29, 1.82) is 0 Å². The first-order chi connectivity index (χ1) is 10.3. The van der Waals surface area contributed by atoms with Gasteiger partial charge in [-0.05, 0) is 43.6 Å². The van der Waals surface area contributed by atoms with Gasteiger partial charge in [-0.3, -0.25) is 4.79 Å². The molecule has 0 bridgehead atoms. The summed E-state index contributed by atoms with van der Waals surface area (Å²) in [6.45, 7) is 2.33. The van der Waals surface area contributed by atoms with Crippen molar-refractivity contribution < 1.29 is 18.0 Å². The van der Waals surface area contributed by atoms with E-state index >= 15 is 0 Å². The molecule has 0 spiro atoms. The topological polar surface area (TPSA) is 29.1 Å². The first kappa shape index (κ1) is 17.0. The highest BCUT2D eigenvalue weighted by molar-refractivity contribution is 5.86. The van der Waals surface area contributed by atoms with Gasteiger partial charge in [-0.15, -0.1) is 0 Å². The van der Waals surface area contributed by atoms with E-state index < -0.39 is 11.3 Å². The summed E-state index contributed by atoms with van der Waals surface area (Å²) in [6.07, 6.45) is 0.211. The van der Waals surface area contributed by atoms with Crippen molar-refractivity contribution in [2.24, 2.45) is 5.41 Å².